The van der Waals surface area contributed by atoms with Gasteiger partial charge in [0.2, 0.25) is 0 Å². The first-order valence-corrected chi connectivity index (χ1v) is 12.7. The molecule has 5 rings (SSSR count). The molecule has 1 aliphatic heterocycles. The molecule has 3 atom stereocenters. The van der Waals surface area contributed by atoms with Gasteiger partial charge in [0.05, 0.1) is 11.7 Å². The van der Waals surface area contributed by atoms with Crippen molar-refractivity contribution >= 4 is 51.6 Å². The molecule has 9 nitrogen and oxygen atoms in total. The summed E-state index contributed by atoms with van der Waals surface area (Å²) in [6.07, 6.45) is 1.75. The predicted molar refractivity (Wildman–Crippen MR) is 137 cm³/mol. The van der Waals surface area contributed by atoms with Crippen LogP contribution in [0.15, 0.2) is 24.3 Å². The van der Waals surface area contributed by atoms with Gasteiger partial charge in [-0.1, -0.05) is 19.0 Å². The minimum absolute atomic E-state index is 0. The average Bonchev–Trinajstić information content (AvgIpc) is 3.43. The Morgan fingerprint density at radius 1 is 1.16 bits per heavy atom. The Labute approximate surface area is 236 Å². The number of likely N-dealkylation sites (N-methyl/N-ethyl adjacent to an activating group) is 1. The maximum atomic E-state index is 13.0. The minimum atomic E-state index is -1.15. The van der Waals surface area contributed by atoms with Crippen LogP contribution in [0.5, 0.6) is 0 Å². The van der Waals surface area contributed by atoms with Gasteiger partial charge >= 0.3 is 18.9 Å². The van der Waals surface area contributed by atoms with Crippen molar-refractivity contribution in [3.05, 3.63) is 50.6 Å². The Bertz CT molecular complexity index is 1310. The van der Waals surface area contributed by atoms with Crippen LogP contribution in [0, 0.1) is 5.92 Å². The quantitative estimate of drug-likeness (QED) is 0.371. The molecule has 37 heavy (non-hydrogen) atoms. The number of carboxylic acid groups (broad SMARTS) is 1. The number of aliphatic carboxylic acids is 1. The Balaban J connectivity index is 0.00000190. The van der Waals surface area contributed by atoms with Crippen LogP contribution in [0.2, 0.25) is 5.02 Å². The molecule has 0 bridgehead atoms. The topological polar surface area (TPSA) is 130 Å². The SMILES string of the molecule is C.CN1CCc2nc(C(=O)N[C@@H]3CC[C@H](C(=O)[O-])C[C@@H]3NC(=O)c3cc4cc(Cl)ccc4[nH]3)sc2C1.[Li+]. The van der Waals surface area contributed by atoms with E-state index in [9.17, 15) is 19.5 Å². The Morgan fingerprint density at radius 3 is 2.68 bits per heavy atom. The first-order valence-electron chi connectivity index (χ1n) is 11.5. The van der Waals surface area contributed by atoms with Gasteiger partial charge < -0.3 is 30.4 Å². The van der Waals surface area contributed by atoms with E-state index in [0.717, 1.165) is 41.0 Å². The van der Waals surface area contributed by atoms with Gasteiger partial charge in [0.15, 0.2) is 5.01 Å². The molecule has 1 aliphatic carbocycles. The van der Waals surface area contributed by atoms with Gasteiger partial charge in [-0.2, -0.15) is 0 Å². The smallest absolute Gasteiger partial charge is 0.550 e. The number of nitrogens with zero attached hydrogens (tertiary/aromatic N) is 2. The number of amides is 2. The van der Waals surface area contributed by atoms with Crippen molar-refractivity contribution < 1.29 is 38.4 Å². The van der Waals surface area contributed by atoms with Crippen LogP contribution in [0.4, 0.5) is 0 Å². The first-order chi connectivity index (χ1) is 16.8. The van der Waals surface area contributed by atoms with Gasteiger partial charge in [0, 0.05) is 58.2 Å². The summed E-state index contributed by atoms with van der Waals surface area (Å²) in [5.41, 5.74) is 2.06. The molecule has 1 aromatic carbocycles. The van der Waals surface area contributed by atoms with E-state index in [0.29, 0.717) is 28.6 Å². The summed E-state index contributed by atoms with van der Waals surface area (Å²) >= 11 is 7.43. The van der Waals surface area contributed by atoms with Gasteiger partial charge in [0.1, 0.15) is 5.69 Å². The molecule has 1 saturated carbocycles. The fraction of sp³-hybridized carbons (Fsp3) is 0.440. The zero-order valence-electron chi connectivity index (χ0n) is 20.1. The van der Waals surface area contributed by atoms with E-state index in [1.807, 2.05) is 7.05 Å². The number of aromatic nitrogens is 2. The van der Waals surface area contributed by atoms with Gasteiger partial charge in [-0.05, 0) is 50.6 Å². The molecule has 1 fully saturated rings. The van der Waals surface area contributed by atoms with E-state index in [1.54, 1.807) is 24.3 Å². The van der Waals surface area contributed by atoms with E-state index >= 15 is 0 Å². The van der Waals surface area contributed by atoms with Gasteiger partial charge in [-0.15, -0.1) is 11.3 Å². The molecule has 192 valence electrons. The number of carbonyl (C=O) groups is 3. The zero-order chi connectivity index (χ0) is 24.7. The molecule has 2 aromatic heterocycles. The van der Waals surface area contributed by atoms with Gasteiger partial charge in [-0.3, -0.25) is 9.59 Å². The molecule has 0 spiro atoms. The third-order valence-electron chi connectivity index (χ3n) is 6.76. The fourth-order valence-corrected chi connectivity index (χ4v) is 6.11. The van der Waals surface area contributed by atoms with Crippen LogP contribution in [-0.2, 0) is 17.8 Å². The molecular weight excluding hydrogens is 509 g/mol. The molecule has 0 unspecified atom stereocenters. The van der Waals surface area contributed by atoms with Crippen LogP contribution < -0.4 is 34.6 Å². The number of H-pyrrole nitrogens is 1. The maximum Gasteiger partial charge on any atom is 1.00 e. The number of hydrogen-bond acceptors (Lipinski definition) is 7. The van der Waals surface area contributed by atoms with E-state index < -0.39 is 24.0 Å². The van der Waals surface area contributed by atoms with Crippen molar-refractivity contribution in [2.75, 3.05) is 13.6 Å². The third kappa shape index (κ3) is 6.39. The zero-order valence-corrected chi connectivity index (χ0v) is 21.7. The normalized spacial score (nSPS) is 21.3. The number of carbonyl (C=O) groups excluding carboxylic acids is 3. The Morgan fingerprint density at radius 2 is 1.92 bits per heavy atom. The third-order valence-corrected chi connectivity index (χ3v) is 8.08. The summed E-state index contributed by atoms with van der Waals surface area (Å²) in [7, 11) is 2.03. The average molecular weight is 538 g/mol. The van der Waals surface area contributed by atoms with Crippen molar-refractivity contribution in [1.29, 1.82) is 0 Å². The summed E-state index contributed by atoms with van der Waals surface area (Å²) in [6.45, 7) is 1.67. The summed E-state index contributed by atoms with van der Waals surface area (Å²) in [5, 5.41) is 19.2. The van der Waals surface area contributed by atoms with Crippen molar-refractivity contribution in [3.63, 3.8) is 0 Å². The number of rotatable bonds is 5. The van der Waals surface area contributed by atoms with Gasteiger partial charge in [0.25, 0.3) is 11.8 Å². The molecule has 3 heterocycles. The second-order valence-electron chi connectivity index (χ2n) is 9.28. The first kappa shape index (κ1) is 29.2. The van der Waals surface area contributed by atoms with E-state index in [4.69, 9.17) is 11.6 Å². The second kappa shape index (κ2) is 12.0. The molecule has 3 aromatic rings. The van der Waals surface area contributed by atoms with E-state index in [1.165, 1.54) is 11.3 Å². The minimum Gasteiger partial charge on any atom is -0.550 e. The maximum absolute atomic E-state index is 13.0. The monoisotopic (exact) mass is 537 g/mol. The van der Waals surface area contributed by atoms with Crippen LogP contribution in [0.25, 0.3) is 10.9 Å². The molecular formula is C25H29ClLiN5O4S. The number of fused-ring (bicyclic) bond motifs is 2. The summed E-state index contributed by atoms with van der Waals surface area (Å²) in [4.78, 5) is 48.5. The number of nitrogens with one attached hydrogen (secondary N) is 3. The van der Waals surface area contributed by atoms with Crippen molar-refractivity contribution in [3.8, 4) is 0 Å². The van der Waals surface area contributed by atoms with E-state index in [-0.39, 0.29) is 44.5 Å². The number of hydrogen-bond donors (Lipinski definition) is 3. The molecule has 12 heteroatoms. The number of thiazole rings is 1. The molecule has 0 saturated heterocycles. The summed E-state index contributed by atoms with van der Waals surface area (Å²) in [6, 6.07) is 5.97. The summed E-state index contributed by atoms with van der Waals surface area (Å²) < 4.78 is 0. The number of halogens is 1. The number of carboxylic acids is 1. The van der Waals surface area contributed by atoms with Crippen LogP contribution in [-0.4, -0.2) is 58.3 Å². The number of benzene rings is 1. The fourth-order valence-electron chi connectivity index (χ4n) is 4.84. The number of aromatic amines is 1. The Kier molecular flexibility index (Phi) is 9.48. The second-order valence-corrected chi connectivity index (χ2v) is 10.8. The Hall–Kier alpha value is -2.35. The van der Waals surface area contributed by atoms with Crippen molar-refractivity contribution in [1.82, 2.24) is 25.5 Å². The van der Waals surface area contributed by atoms with Crippen molar-refractivity contribution in [2.24, 2.45) is 5.92 Å². The van der Waals surface area contributed by atoms with Crippen LogP contribution in [0.1, 0.15) is 57.6 Å². The van der Waals surface area contributed by atoms with Crippen LogP contribution >= 0.6 is 22.9 Å². The summed E-state index contributed by atoms with van der Waals surface area (Å²) in [5.74, 6) is -2.53. The van der Waals surface area contributed by atoms with E-state index in [2.05, 4.69) is 25.5 Å². The van der Waals surface area contributed by atoms with Crippen LogP contribution in [0.3, 0.4) is 0 Å². The molecule has 2 aliphatic rings. The predicted octanol–water partition coefficient (Wildman–Crippen LogP) is -0.647. The van der Waals surface area contributed by atoms with Gasteiger partial charge in [-0.25, -0.2) is 4.98 Å². The molecule has 3 N–H and O–H groups in total. The molecule has 2 amide bonds. The van der Waals surface area contributed by atoms with Crippen molar-refractivity contribution in [2.45, 2.75) is 51.7 Å². The molecule has 0 radical (unpaired) electrons. The standard InChI is InChI=1S/C24H26ClN5O4S.CH4.Li/c1-30-7-6-17-20(11-30)35-23(29-17)22(32)27-16-4-2-12(24(33)34)9-18(16)28-21(31)19-10-13-8-14(25)3-5-15(13)26-19;;/h3,5,8,10,12,16,18,26H,2,4,6-7,9,11H2,1H3,(H,27,32)(H,28,31)(H,33,34);1H4;/q;;+1/p-1/t12-,16+,18-;;/m0../s1. The largest absolute Gasteiger partial charge is 1.00 e.